The van der Waals surface area contributed by atoms with Crippen molar-refractivity contribution in [3.63, 3.8) is 0 Å². The topological polar surface area (TPSA) is 55.0 Å². The Bertz CT molecular complexity index is 460. The fourth-order valence-corrected chi connectivity index (χ4v) is 3.76. The van der Waals surface area contributed by atoms with Gasteiger partial charge in [-0.3, -0.25) is 0 Å². The highest BCUT2D eigenvalue weighted by atomic mass is 15.2. The van der Waals surface area contributed by atoms with E-state index in [4.69, 9.17) is 5.73 Å². The van der Waals surface area contributed by atoms with E-state index in [1.807, 2.05) is 0 Å². The molecule has 2 unspecified atom stereocenters. The molecule has 4 nitrogen and oxygen atoms in total. The molecule has 2 heterocycles. The monoisotopic (exact) mass is 274 g/mol. The number of aromatic nitrogens is 2. The van der Waals surface area contributed by atoms with Gasteiger partial charge in [0, 0.05) is 30.4 Å². The maximum atomic E-state index is 6.04. The lowest BCUT2D eigenvalue weighted by molar-refractivity contribution is 0.333. The standard InChI is InChI=1S/C16H26N4/c1-2-12-7-8-20(13(9-12)10-17)16-14-5-3-4-6-15(14)18-11-19-16/h11-13H,2-10,17H2,1H3. The van der Waals surface area contributed by atoms with Gasteiger partial charge in [-0.15, -0.1) is 0 Å². The van der Waals surface area contributed by atoms with Crippen molar-refractivity contribution in [2.75, 3.05) is 18.0 Å². The lowest BCUT2D eigenvalue weighted by Crippen LogP contribution is -2.47. The summed E-state index contributed by atoms with van der Waals surface area (Å²) >= 11 is 0. The second kappa shape index (κ2) is 6.08. The molecule has 1 aliphatic heterocycles. The van der Waals surface area contributed by atoms with Gasteiger partial charge in [0.2, 0.25) is 0 Å². The number of hydrogen-bond acceptors (Lipinski definition) is 4. The molecule has 0 bridgehead atoms. The molecule has 4 heteroatoms. The smallest absolute Gasteiger partial charge is 0.135 e. The summed E-state index contributed by atoms with van der Waals surface area (Å²) in [5, 5.41) is 0. The molecule has 0 saturated carbocycles. The van der Waals surface area contributed by atoms with E-state index in [1.54, 1.807) is 6.33 Å². The lowest BCUT2D eigenvalue weighted by atomic mass is 9.88. The Balaban J connectivity index is 1.88. The number of rotatable bonds is 3. The van der Waals surface area contributed by atoms with Gasteiger partial charge in [-0.05, 0) is 44.4 Å². The number of anilines is 1. The van der Waals surface area contributed by atoms with Gasteiger partial charge in [0.15, 0.2) is 0 Å². The van der Waals surface area contributed by atoms with Gasteiger partial charge in [-0.2, -0.15) is 0 Å². The Morgan fingerprint density at radius 2 is 2.15 bits per heavy atom. The maximum Gasteiger partial charge on any atom is 0.135 e. The molecular weight excluding hydrogens is 248 g/mol. The van der Waals surface area contributed by atoms with Crippen LogP contribution < -0.4 is 10.6 Å². The summed E-state index contributed by atoms with van der Waals surface area (Å²) in [5.74, 6) is 2.01. The van der Waals surface area contributed by atoms with Crippen molar-refractivity contribution in [1.82, 2.24) is 9.97 Å². The minimum absolute atomic E-state index is 0.453. The van der Waals surface area contributed by atoms with E-state index in [-0.39, 0.29) is 0 Å². The van der Waals surface area contributed by atoms with Gasteiger partial charge in [0.1, 0.15) is 12.1 Å². The Hall–Kier alpha value is -1.16. The van der Waals surface area contributed by atoms with E-state index >= 15 is 0 Å². The molecule has 1 aromatic rings. The van der Waals surface area contributed by atoms with Gasteiger partial charge in [-0.1, -0.05) is 13.3 Å². The van der Waals surface area contributed by atoms with Crippen LogP contribution in [0.3, 0.4) is 0 Å². The minimum Gasteiger partial charge on any atom is -0.352 e. The van der Waals surface area contributed by atoms with Crippen molar-refractivity contribution in [1.29, 1.82) is 0 Å². The van der Waals surface area contributed by atoms with E-state index in [2.05, 4.69) is 21.8 Å². The van der Waals surface area contributed by atoms with Crippen LogP contribution in [0.5, 0.6) is 0 Å². The predicted octanol–water partition coefficient (Wildman–Crippen LogP) is 2.31. The van der Waals surface area contributed by atoms with Gasteiger partial charge in [0.25, 0.3) is 0 Å². The quantitative estimate of drug-likeness (QED) is 0.919. The highest BCUT2D eigenvalue weighted by Gasteiger charge is 2.30. The number of nitrogens with two attached hydrogens (primary N) is 1. The first-order valence-electron chi connectivity index (χ1n) is 8.13. The third-order valence-corrected chi connectivity index (χ3v) is 5.05. The molecule has 1 fully saturated rings. The van der Waals surface area contributed by atoms with Gasteiger partial charge < -0.3 is 10.6 Å². The Labute approximate surface area is 121 Å². The second-order valence-corrected chi connectivity index (χ2v) is 6.21. The van der Waals surface area contributed by atoms with Crippen LogP contribution in [0.4, 0.5) is 5.82 Å². The van der Waals surface area contributed by atoms with Crippen LogP contribution in [0.25, 0.3) is 0 Å². The summed E-state index contributed by atoms with van der Waals surface area (Å²) in [6.07, 6.45) is 10.3. The van der Waals surface area contributed by atoms with Crippen molar-refractivity contribution in [3.8, 4) is 0 Å². The van der Waals surface area contributed by atoms with Gasteiger partial charge in [-0.25, -0.2) is 9.97 Å². The van der Waals surface area contributed by atoms with Crippen LogP contribution in [0.15, 0.2) is 6.33 Å². The average molecular weight is 274 g/mol. The number of hydrogen-bond donors (Lipinski definition) is 1. The molecule has 0 aromatic carbocycles. The normalized spacial score (nSPS) is 26.4. The summed E-state index contributed by atoms with van der Waals surface area (Å²) in [6, 6.07) is 0.453. The van der Waals surface area contributed by atoms with Crippen LogP contribution in [0.1, 0.15) is 50.3 Å². The summed E-state index contributed by atoms with van der Waals surface area (Å²) in [7, 11) is 0. The van der Waals surface area contributed by atoms with Crippen LogP contribution in [-0.4, -0.2) is 29.1 Å². The average Bonchev–Trinajstić information content (AvgIpc) is 2.53. The molecule has 20 heavy (non-hydrogen) atoms. The maximum absolute atomic E-state index is 6.04. The molecule has 3 rings (SSSR count). The molecule has 1 aliphatic carbocycles. The van der Waals surface area contributed by atoms with Crippen molar-refractivity contribution >= 4 is 5.82 Å². The number of aryl methyl sites for hydroxylation is 1. The van der Waals surface area contributed by atoms with Crippen LogP contribution in [0, 0.1) is 5.92 Å². The summed E-state index contributed by atoms with van der Waals surface area (Å²) in [5.41, 5.74) is 8.71. The van der Waals surface area contributed by atoms with Gasteiger partial charge in [0.05, 0.1) is 0 Å². The van der Waals surface area contributed by atoms with Crippen molar-refractivity contribution in [3.05, 3.63) is 17.6 Å². The van der Waals surface area contributed by atoms with Crippen LogP contribution in [-0.2, 0) is 12.8 Å². The second-order valence-electron chi connectivity index (χ2n) is 6.21. The first-order valence-corrected chi connectivity index (χ1v) is 8.13. The van der Waals surface area contributed by atoms with Crippen molar-refractivity contribution in [2.45, 2.75) is 57.9 Å². The third-order valence-electron chi connectivity index (χ3n) is 5.05. The minimum atomic E-state index is 0.453. The van der Waals surface area contributed by atoms with E-state index in [9.17, 15) is 0 Å². The molecule has 2 atom stereocenters. The van der Waals surface area contributed by atoms with Gasteiger partial charge >= 0.3 is 0 Å². The largest absolute Gasteiger partial charge is 0.352 e. The zero-order valence-corrected chi connectivity index (χ0v) is 12.5. The predicted molar refractivity (Wildman–Crippen MR) is 81.9 cm³/mol. The molecule has 0 radical (unpaired) electrons. The Morgan fingerprint density at radius 3 is 2.95 bits per heavy atom. The fraction of sp³-hybridized carbons (Fsp3) is 0.750. The van der Waals surface area contributed by atoms with E-state index in [0.717, 1.165) is 31.8 Å². The zero-order chi connectivity index (χ0) is 13.9. The lowest BCUT2D eigenvalue weighted by Gasteiger charge is -2.41. The molecule has 110 valence electrons. The molecule has 1 aromatic heterocycles. The fourth-order valence-electron chi connectivity index (χ4n) is 3.76. The summed E-state index contributed by atoms with van der Waals surface area (Å²) in [6.45, 7) is 4.12. The molecule has 2 N–H and O–H groups in total. The van der Waals surface area contributed by atoms with E-state index in [0.29, 0.717) is 6.04 Å². The van der Waals surface area contributed by atoms with Crippen LogP contribution >= 0.6 is 0 Å². The molecule has 0 amide bonds. The van der Waals surface area contributed by atoms with E-state index < -0.39 is 0 Å². The zero-order valence-electron chi connectivity index (χ0n) is 12.5. The number of fused-ring (bicyclic) bond motifs is 1. The highest BCUT2D eigenvalue weighted by Crippen LogP contribution is 2.33. The van der Waals surface area contributed by atoms with Crippen molar-refractivity contribution in [2.24, 2.45) is 11.7 Å². The van der Waals surface area contributed by atoms with Crippen molar-refractivity contribution < 1.29 is 0 Å². The first kappa shape index (κ1) is 13.8. The van der Waals surface area contributed by atoms with Crippen LogP contribution in [0.2, 0.25) is 0 Å². The highest BCUT2D eigenvalue weighted by molar-refractivity contribution is 5.51. The Morgan fingerprint density at radius 1 is 1.30 bits per heavy atom. The number of nitrogens with zero attached hydrogens (tertiary/aromatic N) is 3. The first-order chi connectivity index (χ1) is 9.83. The molecule has 0 spiro atoms. The third kappa shape index (κ3) is 2.53. The molecular formula is C16H26N4. The molecule has 2 aliphatic rings. The number of piperidine rings is 1. The molecule has 1 saturated heterocycles. The summed E-state index contributed by atoms with van der Waals surface area (Å²) < 4.78 is 0. The summed E-state index contributed by atoms with van der Waals surface area (Å²) in [4.78, 5) is 11.6. The SMILES string of the molecule is CCC1CCN(c2ncnc3c2CCCC3)C(CN)C1. The Kier molecular flexibility index (Phi) is 4.20. The van der Waals surface area contributed by atoms with E-state index in [1.165, 1.54) is 49.2 Å².